The third-order valence-corrected chi connectivity index (χ3v) is 2.62. The number of hydrogen-bond donors (Lipinski definition) is 0. The van der Waals surface area contributed by atoms with Gasteiger partial charge in [0.25, 0.3) is 0 Å². The maximum atomic E-state index is 11.2. The number of carbonyl (C=O) groups excluding carboxylic acids is 1. The molecule has 98 valence electrons. The van der Waals surface area contributed by atoms with Crippen LogP contribution < -0.4 is 0 Å². The Labute approximate surface area is 106 Å². The Hall–Kier alpha value is -1.05. The average molecular weight is 238 g/mol. The van der Waals surface area contributed by atoms with E-state index in [0.29, 0.717) is 13.0 Å². The van der Waals surface area contributed by atoms with Gasteiger partial charge in [-0.25, -0.2) is 0 Å². The number of carbonyl (C=O) groups is 1. The van der Waals surface area contributed by atoms with Crippen molar-refractivity contribution in [2.24, 2.45) is 0 Å². The molecule has 0 N–H and O–H groups in total. The molecule has 0 aromatic heterocycles. The minimum absolute atomic E-state index is 0.0708. The van der Waals surface area contributed by atoms with Gasteiger partial charge in [0, 0.05) is 6.42 Å². The van der Waals surface area contributed by atoms with Crippen LogP contribution in [0.1, 0.15) is 57.8 Å². The molecule has 0 radical (unpaired) electrons. The molecule has 0 unspecified atom stereocenters. The standard InChI is InChI=1S/C15H26O2/c1-3-5-7-8-9-10-11-12-13-15(16)17-14-6-4-2/h3-4H,1-2,5-14H2. The van der Waals surface area contributed by atoms with Crippen molar-refractivity contribution in [3.63, 3.8) is 0 Å². The van der Waals surface area contributed by atoms with Gasteiger partial charge in [-0.05, 0) is 25.7 Å². The summed E-state index contributed by atoms with van der Waals surface area (Å²) < 4.78 is 5.02. The van der Waals surface area contributed by atoms with Crippen molar-refractivity contribution in [2.75, 3.05) is 6.61 Å². The van der Waals surface area contributed by atoms with E-state index in [-0.39, 0.29) is 5.97 Å². The fourth-order valence-corrected chi connectivity index (χ4v) is 1.59. The van der Waals surface area contributed by atoms with Gasteiger partial charge in [0.2, 0.25) is 0 Å². The number of rotatable bonds is 12. The first-order valence-corrected chi connectivity index (χ1v) is 6.68. The highest BCUT2D eigenvalue weighted by atomic mass is 16.5. The highest BCUT2D eigenvalue weighted by Gasteiger charge is 2.01. The maximum Gasteiger partial charge on any atom is 0.305 e. The molecule has 0 aliphatic carbocycles. The van der Waals surface area contributed by atoms with Crippen LogP contribution in [0.5, 0.6) is 0 Å². The zero-order valence-electron chi connectivity index (χ0n) is 11.0. The van der Waals surface area contributed by atoms with Gasteiger partial charge in [-0.2, -0.15) is 0 Å². The van der Waals surface area contributed by atoms with E-state index in [1.807, 2.05) is 6.08 Å². The molecular weight excluding hydrogens is 212 g/mol. The van der Waals surface area contributed by atoms with Crippen molar-refractivity contribution < 1.29 is 9.53 Å². The molecule has 0 saturated heterocycles. The summed E-state index contributed by atoms with van der Waals surface area (Å²) >= 11 is 0. The van der Waals surface area contributed by atoms with E-state index in [1.165, 1.54) is 25.7 Å². The van der Waals surface area contributed by atoms with Crippen LogP contribution in [0.25, 0.3) is 0 Å². The van der Waals surface area contributed by atoms with E-state index in [4.69, 9.17) is 4.74 Å². The summed E-state index contributed by atoms with van der Waals surface area (Å²) in [6.07, 6.45) is 13.2. The Bertz CT molecular complexity index is 209. The second kappa shape index (κ2) is 13.0. The Kier molecular flexibility index (Phi) is 12.2. The van der Waals surface area contributed by atoms with E-state index in [9.17, 15) is 4.79 Å². The summed E-state index contributed by atoms with van der Waals surface area (Å²) in [5.74, 6) is -0.0708. The molecule has 0 spiro atoms. The zero-order chi connectivity index (χ0) is 12.8. The van der Waals surface area contributed by atoms with Crippen LogP contribution in [-0.2, 0) is 9.53 Å². The molecule has 0 amide bonds. The van der Waals surface area contributed by atoms with E-state index >= 15 is 0 Å². The Morgan fingerprint density at radius 1 is 0.882 bits per heavy atom. The molecule has 0 aromatic rings. The lowest BCUT2D eigenvalue weighted by Gasteiger charge is -2.03. The van der Waals surface area contributed by atoms with Crippen LogP contribution in [0.4, 0.5) is 0 Å². The van der Waals surface area contributed by atoms with Crippen molar-refractivity contribution >= 4 is 5.97 Å². The molecule has 2 heteroatoms. The topological polar surface area (TPSA) is 26.3 Å². The molecule has 0 bridgehead atoms. The summed E-state index contributed by atoms with van der Waals surface area (Å²) in [5.41, 5.74) is 0. The SMILES string of the molecule is C=CCCCCCCCCC(=O)OCCC=C. The van der Waals surface area contributed by atoms with Crippen LogP contribution in [0.2, 0.25) is 0 Å². The second-order valence-electron chi connectivity index (χ2n) is 4.25. The fourth-order valence-electron chi connectivity index (χ4n) is 1.59. The number of esters is 1. The molecule has 0 atom stereocenters. The van der Waals surface area contributed by atoms with Crippen LogP contribution in [0.3, 0.4) is 0 Å². The predicted octanol–water partition coefficient (Wildman–Crippen LogP) is 4.41. The number of unbranched alkanes of at least 4 members (excludes halogenated alkanes) is 6. The summed E-state index contributed by atoms with van der Waals surface area (Å²) in [5, 5.41) is 0. The van der Waals surface area contributed by atoms with Crippen molar-refractivity contribution in [3.8, 4) is 0 Å². The largest absolute Gasteiger partial charge is 0.465 e. The van der Waals surface area contributed by atoms with E-state index < -0.39 is 0 Å². The minimum Gasteiger partial charge on any atom is -0.465 e. The molecule has 2 nitrogen and oxygen atoms in total. The molecule has 0 fully saturated rings. The molecule has 0 saturated carbocycles. The third kappa shape index (κ3) is 12.9. The Morgan fingerprint density at radius 3 is 2.12 bits per heavy atom. The van der Waals surface area contributed by atoms with Gasteiger partial charge < -0.3 is 4.74 Å². The van der Waals surface area contributed by atoms with Crippen LogP contribution in [-0.4, -0.2) is 12.6 Å². The zero-order valence-corrected chi connectivity index (χ0v) is 11.0. The number of allylic oxidation sites excluding steroid dienone is 1. The lowest BCUT2D eigenvalue weighted by atomic mass is 10.1. The Balaban J connectivity index is 3.13. The minimum atomic E-state index is -0.0708. The Morgan fingerprint density at radius 2 is 1.47 bits per heavy atom. The van der Waals surface area contributed by atoms with Gasteiger partial charge in [-0.1, -0.05) is 37.8 Å². The van der Waals surface area contributed by atoms with Crippen LogP contribution in [0, 0.1) is 0 Å². The quantitative estimate of drug-likeness (QED) is 0.286. The normalized spacial score (nSPS) is 9.88. The van der Waals surface area contributed by atoms with Crippen LogP contribution in [0.15, 0.2) is 25.3 Å². The number of ether oxygens (including phenoxy) is 1. The summed E-state index contributed by atoms with van der Waals surface area (Å²) in [6.45, 7) is 7.75. The van der Waals surface area contributed by atoms with E-state index in [2.05, 4.69) is 13.2 Å². The van der Waals surface area contributed by atoms with Crippen LogP contribution >= 0.6 is 0 Å². The molecule has 0 aromatic carbocycles. The lowest BCUT2D eigenvalue weighted by Crippen LogP contribution is -2.04. The van der Waals surface area contributed by atoms with Crippen molar-refractivity contribution in [3.05, 3.63) is 25.3 Å². The maximum absolute atomic E-state index is 11.2. The highest BCUT2D eigenvalue weighted by molar-refractivity contribution is 5.69. The molecule has 0 aliphatic heterocycles. The van der Waals surface area contributed by atoms with E-state index in [1.54, 1.807) is 6.08 Å². The average Bonchev–Trinajstić information content (AvgIpc) is 2.33. The lowest BCUT2D eigenvalue weighted by molar-refractivity contribution is -0.143. The smallest absolute Gasteiger partial charge is 0.305 e. The monoisotopic (exact) mass is 238 g/mol. The van der Waals surface area contributed by atoms with Gasteiger partial charge in [-0.15, -0.1) is 13.2 Å². The van der Waals surface area contributed by atoms with Gasteiger partial charge in [0.1, 0.15) is 0 Å². The third-order valence-electron chi connectivity index (χ3n) is 2.62. The van der Waals surface area contributed by atoms with E-state index in [0.717, 1.165) is 25.7 Å². The molecule has 0 aliphatic rings. The van der Waals surface area contributed by atoms with Crippen molar-refractivity contribution in [1.82, 2.24) is 0 Å². The van der Waals surface area contributed by atoms with Gasteiger partial charge >= 0.3 is 5.97 Å². The molecule has 0 rings (SSSR count). The molecule has 17 heavy (non-hydrogen) atoms. The molecule has 0 heterocycles. The summed E-state index contributed by atoms with van der Waals surface area (Å²) in [7, 11) is 0. The first-order valence-electron chi connectivity index (χ1n) is 6.68. The van der Waals surface area contributed by atoms with Crippen molar-refractivity contribution in [1.29, 1.82) is 0 Å². The first-order chi connectivity index (χ1) is 8.31. The summed E-state index contributed by atoms with van der Waals surface area (Å²) in [4.78, 5) is 11.2. The van der Waals surface area contributed by atoms with Gasteiger partial charge in [-0.3, -0.25) is 4.79 Å². The number of hydrogen-bond acceptors (Lipinski definition) is 2. The first kappa shape index (κ1) is 16.0. The van der Waals surface area contributed by atoms with Gasteiger partial charge in [0.05, 0.1) is 6.61 Å². The predicted molar refractivity (Wildman–Crippen MR) is 72.9 cm³/mol. The molecular formula is C15H26O2. The summed E-state index contributed by atoms with van der Waals surface area (Å²) in [6, 6.07) is 0. The fraction of sp³-hybridized carbons (Fsp3) is 0.667. The second-order valence-corrected chi connectivity index (χ2v) is 4.25. The van der Waals surface area contributed by atoms with Gasteiger partial charge in [0.15, 0.2) is 0 Å². The van der Waals surface area contributed by atoms with Crippen molar-refractivity contribution in [2.45, 2.75) is 57.8 Å². The highest BCUT2D eigenvalue weighted by Crippen LogP contribution is 2.09.